The van der Waals surface area contributed by atoms with Crippen LogP contribution in [-0.2, 0) is 0 Å². The van der Waals surface area contributed by atoms with Crippen molar-refractivity contribution in [1.82, 2.24) is 0 Å². The van der Waals surface area contributed by atoms with E-state index in [0.29, 0.717) is 9.64 Å². The molecule has 0 amide bonds. The fourth-order valence-corrected chi connectivity index (χ4v) is 1.90. The molecule has 0 aliphatic carbocycles. The monoisotopic (exact) mass is 358 g/mol. The van der Waals surface area contributed by atoms with Crippen molar-refractivity contribution in [3.8, 4) is 0 Å². The van der Waals surface area contributed by atoms with Crippen molar-refractivity contribution in [2.75, 3.05) is 0 Å². The van der Waals surface area contributed by atoms with Crippen molar-refractivity contribution >= 4 is 42.2 Å². The minimum absolute atomic E-state index is 0.0249. The van der Waals surface area contributed by atoms with E-state index in [0.717, 1.165) is 4.48 Å². The van der Waals surface area contributed by atoms with E-state index >= 15 is 0 Å². The summed E-state index contributed by atoms with van der Waals surface area (Å²) in [6, 6.07) is 0.0249. The van der Waals surface area contributed by atoms with Gasteiger partial charge in [0.15, 0.2) is 0 Å². The lowest BCUT2D eigenvalue weighted by Gasteiger charge is -2.22. The van der Waals surface area contributed by atoms with Crippen molar-refractivity contribution in [3.05, 3.63) is 10.6 Å². The number of allylic oxidation sites excluding steroid dienone is 1. The molecule has 0 aromatic carbocycles. The van der Waals surface area contributed by atoms with Crippen LogP contribution in [0.15, 0.2) is 10.6 Å². The molecule has 0 aliphatic rings. The molecule has 2 atom stereocenters. The van der Waals surface area contributed by atoms with Gasteiger partial charge in [-0.2, -0.15) is 0 Å². The second-order valence-electron chi connectivity index (χ2n) is 3.45. The maximum absolute atomic E-state index is 7.61. The van der Waals surface area contributed by atoms with E-state index in [9.17, 15) is 0 Å². The van der Waals surface area contributed by atoms with Crippen LogP contribution >= 0.6 is 38.5 Å². The van der Waals surface area contributed by atoms with Crippen LogP contribution in [0.5, 0.6) is 0 Å². The molecule has 3 N–H and O–H groups in total. The molecule has 0 heterocycles. The molecule has 0 fully saturated rings. The van der Waals surface area contributed by atoms with Gasteiger partial charge in [0, 0.05) is 12.0 Å². The molecule has 0 bridgehead atoms. The minimum atomic E-state index is 0.0249. The Balaban J connectivity index is 4.62. The molecule has 13 heavy (non-hydrogen) atoms. The van der Waals surface area contributed by atoms with Crippen molar-refractivity contribution in [1.29, 1.82) is 5.41 Å². The van der Waals surface area contributed by atoms with Crippen LogP contribution in [0.1, 0.15) is 20.8 Å². The lowest BCUT2D eigenvalue weighted by molar-refractivity contribution is 0.456. The Morgan fingerprint density at radius 1 is 1.54 bits per heavy atom. The molecular formula is C9H16BrIN2. The number of nitrogens with one attached hydrogen (secondary N) is 1. The molecular weight excluding hydrogens is 343 g/mol. The second kappa shape index (κ2) is 6.14. The molecule has 76 valence electrons. The van der Waals surface area contributed by atoms with E-state index in [4.69, 9.17) is 11.1 Å². The third-order valence-corrected chi connectivity index (χ3v) is 2.87. The molecule has 0 radical (unpaired) electrons. The first kappa shape index (κ1) is 13.6. The van der Waals surface area contributed by atoms with Crippen molar-refractivity contribution in [2.45, 2.75) is 26.8 Å². The Hall–Kier alpha value is 0.580. The molecule has 0 spiro atoms. The molecule has 2 nitrogen and oxygen atoms in total. The quantitative estimate of drug-likeness (QED) is 0.588. The topological polar surface area (TPSA) is 49.9 Å². The van der Waals surface area contributed by atoms with Crippen molar-refractivity contribution < 1.29 is 0 Å². The van der Waals surface area contributed by atoms with Gasteiger partial charge in [-0.3, -0.25) is 5.41 Å². The van der Waals surface area contributed by atoms with Gasteiger partial charge >= 0.3 is 0 Å². The zero-order valence-electron chi connectivity index (χ0n) is 8.14. The summed E-state index contributed by atoms with van der Waals surface area (Å²) in [7, 11) is 0. The number of nitrogens with two attached hydrogens (primary N) is 1. The SMILES string of the molecule is C/C(Br)=C\C(C(=N)I)C(N)C(C)C. The van der Waals surface area contributed by atoms with Gasteiger partial charge in [0.05, 0.1) is 3.72 Å². The van der Waals surface area contributed by atoms with Gasteiger partial charge in [-0.05, 0) is 39.9 Å². The summed E-state index contributed by atoms with van der Waals surface area (Å²) in [6.07, 6.45) is 2.00. The summed E-state index contributed by atoms with van der Waals surface area (Å²) >= 11 is 5.39. The van der Waals surface area contributed by atoms with Crippen LogP contribution in [0, 0.1) is 17.2 Å². The van der Waals surface area contributed by atoms with E-state index in [1.165, 1.54) is 0 Å². The summed E-state index contributed by atoms with van der Waals surface area (Å²) in [5.74, 6) is 0.434. The van der Waals surface area contributed by atoms with E-state index in [1.54, 1.807) is 0 Å². The normalized spacial score (nSPS) is 17.3. The smallest absolute Gasteiger partial charge is 0.0778 e. The summed E-state index contributed by atoms with van der Waals surface area (Å²) in [6.45, 7) is 6.11. The standard InChI is InChI=1S/C9H16BrIN2/c1-5(2)8(12)7(9(11)13)4-6(3)10/h4-5,7-8,13H,12H2,1-3H3/b6-4+,13-9?. The molecule has 4 heteroatoms. The van der Waals surface area contributed by atoms with Crippen LogP contribution in [-0.4, -0.2) is 9.76 Å². The number of halogens is 2. The first-order valence-corrected chi connectivity index (χ1v) is 6.07. The lowest BCUT2D eigenvalue weighted by atomic mass is 9.92. The molecule has 0 aromatic heterocycles. The third kappa shape index (κ3) is 5.12. The lowest BCUT2D eigenvalue weighted by Crippen LogP contribution is -2.36. The van der Waals surface area contributed by atoms with E-state index in [2.05, 4.69) is 29.8 Å². The summed E-state index contributed by atoms with van der Waals surface area (Å²) < 4.78 is 1.63. The Morgan fingerprint density at radius 2 is 2.00 bits per heavy atom. The van der Waals surface area contributed by atoms with Crippen LogP contribution in [0.3, 0.4) is 0 Å². The van der Waals surface area contributed by atoms with Crippen LogP contribution < -0.4 is 5.73 Å². The summed E-state index contributed by atoms with van der Waals surface area (Å²) in [5, 5.41) is 7.61. The minimum Gasteiger partial charge on any atom is -0.327 e. The van der Waals surface area contributed by atoms with Crippen molar-refractivity contribution in [3.63, 3.8) is 0 Å². The number of hydrogen-bond acceptors (Lipinski definition) is 2. The van der Waals surface area contributed by atoms with Gasteiger partial charge in [-0.25, -0.2) is 0 Å². The van der Waals surface area contributed by atoms with Crippen LogP contribution in [0.25, 0.3) is 0 Å². The molecule has 0 rings (SSSR count). The first-order chi connectivity index (χ1) is 5.86. The predicted octanol–water partition coefficient (Wildman–Crippen LogP) is 3.30. The van der Waals surface area contributed by atoms with Gasteiger partial charge in [-0.15, -0.1) is 0 Å². The Kier molecular flexibility index (Phi) is 6.41. The van der Waals surface area contributed by atoms with E-state index < -0.39 is 0 Å². The van der Waals surface area contributed by atoms with Gasteiger partial charge in [0.1, 0.15) is 0 Å². The Bertz CT molecular complexity index is 210. The van der Waals surface area contributed by atoms with Crippen LogP contribution in [0.2, 0.25) is 0 Å². The highest BCUT2D eigenvalue weighted by atomic mass is 127. The second-order valence-corrected chi connectivity index (χ2v) is 5.86. The molecule has 2 unspecified atom stereocenters. The van der Waals surface area contributed by atoms with Gasteiger partial charge in [0.25, 0.3) is 0 Å². The largest absolute Gasteiger partial charge is 0.327 e. The maximum Gasteiger partial charge on any atom is 0.0778 e. The summed E-state index contributed by atoms with van der Waals surface area (Å²) in [4.78, 5) is 0. The zero-order chi connectivity index (χ0) is 10.6. The average molecular weight is 359 g/mol. The van der Waals surface area contributed by atoms with E-state index in [-0.39, 0.29) is 12.0 Å². The molecule has 0 aliphatic heterocycles. The summed E-state index contributed by atoms with van der Waals surface area (Å²) in [5.41, 5.74) is 6.00. The fourth-order valence-electron chi connectivity index (χ4n) is 1.02. The van der Waals surface area contributed by atoms with Gasteiger partial charge < -0.3 is 5.73 Å². The van der Waals surface area contributed by atoms with Gasteiger partial charge in [0.2, 0.25) is 0 Å². The van der Waals surface area contributed by atoms with Crippen LogP contribution in [0.4, 0.5) is 0 Å². The number of hydrogen-bond donors (Lipinski definition) is 2. The Labute approximate surface area is 102 Å². The zero-order valence-corrected chi connectivity index (χ0v) is 11.9. The van der Waals surface area contributed by atoms with Gasteiger partial charge in [-0.1, -0.05) is 35.9 Å². The highest BCUT2D eigenvalue weighted by molar-refractivity contribution is 14.1. The van der Waals surface area contributed by atoms with Crippen molar-refractivity contribution in [2.24, 2.45) is 17.6 Å². The Morgan fingerprint density at radius 3 is 2.23 bits per heavy atom. The highest BCUT2D eigenvalue weighted by Gasteiger charge is 2.21. The third-order valence-electron chi connectivity index (χ3n) is 1.89. The predicted molar refractivity (Wildman–Crippen MR) is 70.7 cm³/mol. The van der Waals surface area contributed by atoms with E-state index in [1.807, 2.05) is 35.6 Å². The fraction of sp³-hybridized carbons (Fsp3) is 0.667. The maximum atomic E-state index is 7.61. The average Bonchev–Trinajstić information content (AvgIpc) is 1.97. The highest BCUT2D eigenvalue weighted by Crippen LogP contribution is 2.20. The first-order valence-electron chi connectivity index (χ1n) is 4.19. The molecule has 0 saturated carbocycles. The molecule has 0 saturated heterocycles. The number of rotatable bonds is 4. The molecule has 0 aromatic rings.